The molecule has 2 rings (SSSR count). The van der Waals surface area contributed by atoms with Crippen LogP contribution in [-0.2, 0) is 4.74 Å². The van der Waals surface area contributed by atoms with Gasteiger partial charge in [-0.1, -0.05) is 15.9 Å². The monoisotopic (exact) mass is 326 g/mol. The number of carbonyl (C=O) groups excluding carboxylic acids is 1. The van der Waals surface area contributed by atoms with E-state index in [9.17, 15) is 4.79 Å². The van der Waals surface area contributed by atoms with Crippen molar-refractivity contribution in [1.29, 1.82) is 5.26 Å². The molecule has 4 nitrogen and oxygen atoms in total. The van der Waals surface area contributed by atoms with Crippen LogP contribution >= 0.6 is 28.6 Å². The van der Waals surface area contributed by atoms with Crippen molar-refractivity contribution in [2.24, 2.45) is 0 Å². The van der Waals surface area contributed by atoms with Gasteiger partial charge in [0.15, 0.2) is 6.10 Å². The molecule has 6 heteroatoms. The third kappa shape index (κ3) is 2.86. The zero-order chi connectivity index (χ0) is 13.1. The number of carbonyl (C=O) groups is 1. The molecule has 0 saturated carbocycles. The van der Waals surface area contributed by atoms with Crippen LogP contribution in [0.5, 0.6) is 0 Å². The fourth-order valence-electron chi connectivity index (χ4n) is 1.77. The molecule has 1 aromatic rings. The number of hydrogen-bond donors (Lipinski definition) is 1. The lowest BCUT2D eigenvalue weighted by Gasteiger charge is -2.30. The second kappa shape index (κ2) is 5.74. The van der Waals surface area contributed by atoms with Crippen molar-refractivity contribution in [2.45, 2.75) is 11.0 Å². The maximum absolute atomic E-state index is 12.3. The van der Waals surface area contributed by atoms with Crippen LogP contribution in [0.1, 0.15) is 10.4 Å². The zero-order valence-corrected chi connectivity index (χ0v) is 11.9. The lowest BCUT2D eigenvalue weighted by Crippen LogP contribution is -2.45. The summed E-state index contributed by atoms with van der Waals surface area (Å²) in [5.41, 5.74) is 0.542. The van der Waals surface area contributed by atoms with E-state index in [-0.39, 0.29) is 5.91 Å². The summed E-state index contributed by atoms with van der Waals surface area (Å²) in [6, 6.07) is 7.33. The third-order valence-corrected chi connectivity index (χ3v) is 3.55. The standard InChI is InChI=1S/C12H11BrN2O2S/c13-8-1-2-10(11(18)5-8)12(16)15-3-4-17-9(6-14)7-15/h1-2,5,9,18H,3-4,7H2. The quantitative estimate of drug-likeness (QED) is 0.804. The van der Waals surface area contributed by atoms with Gasteiger partial charge >= 0.3 is 0 Å². The number of nitrogens with zero attached hydrogens (tertiary/aromatic N) is 2. The summed E-state index contributed by atoms with van der Waals surface area (Å²) in [6.07, 6.45) is -0.540. The fourth-order valence-corrected chi connectivity index (χ4v) is 2.62. The van der Waals surface area contributed by atoms with Gasteiger partial charge in [-0.3, -0.25) is 4.79 Å². The number of benzene rings is 1. The van der Waals surface area contributed by atoms with Crippen LogP contribution in [0.4, 0.5) is 0 Å². The van der Waals surface area contributed by atoms with E-state index in [0.717, 1.165) is 4.47 Å². The maximum atomic E-state index is 12.3. The molecule has 1 amide bonds. The summed E-state index contributed by atoms with van der Waals surface area (Å²) in [6.45, 7) is 1.20. The van der Waals surface area contributed by atoms with E-state index in [4.69, 9.17) is 10.00 Å². The Kier molecular flexibility index (Phi) is 4.27. The first-order valence-corrected chi connectivity index (χ1v) is 6.65. The molecule has 1 unspecified atom stereocenters. The zero-order valence-electron chi connectivity index (χ0n) is 9.47. The van der Waals surface area contributed by atoms with Gasteiger partial charge in [0, 0.05) is 15.9 Å². The number of hydrogen-bond acceptors (Lipinski definition) is 4. The molecule has 0 N–H and O–H groups in total. The van der Waals surface area contributed by atoms with Crippen LogP contribution in [0.2, 0.25) is 0 Å². The van der Waals surface area contributed by atoms with Gasteiger partial charge in [-0.25, -0.2) is 0 Å². The van der Waals surface area contributed by atoms with E-state index in [1.54, 1.807) is 23.1 Å². The Balaban J connectivity index is 2.18. The third-order valence-electron chi connectivity index (χ3n) is 2.69. The van der Waals surface area contributed by atoms with Crippen LogP contribution in [-0.4, -0.2) is 36.6 Å². The lowest BCUT2D eigenvalue weighted by atomic mass is 10.1. The molecule has 1 fully saturated rings. The Morgan fingerprint density at radius 3 is 3.06 bits per heavy atom. The van der Waals surface area contributed by atoms with Gasteiger partial charge in [0.2, 0.25) is 0 Å². The molecule has 0 radical (unpaired) electrons. The van der Waals surface area contributed by atoms with E-state index in [0.29, 0.717) is 30.2 Å². The van der Waals surface area contributed by atoms with Gasteiger partial charge in [-0.05, 0) is 18.2 Å². The first-order valence-electron chi connectivity index (χ1n) is 5.41. The summed E-state index contributed by atoms with van der Waals surface area (Å²) in [5.74, 6) is -0.115. The van der Waals surface area contributed by atoms with Gasteiger partial charge in [0.05, 0.1) is 24.8 Å². The van der Waals surface area contributed by atoms with E-state index < -0.39 is 6.10 Å². The fraction of sp³-hybridized carbons (Fsp3) is 0.333. The van der Waals surface area contributed by atoms with Crippen molar-refractivity contribution in [3.8, 4) is 6.07 Å². The Morgan fingerprint density at radius 2 is 2.39 bits per heavy atom. The molecular weight excluding hydrogens is 316 g/mol. The number of thiol groups is 1. The van der Waals surface area contributed by atoms with E-state index in [1.165, 1.54) is 0 Å². The van der Waals surface area contributed by atoms with Gasteiger partial charge in [0.25, 0.3) is 5.91 Å². The largest absolute Gasteiger partial charge is 0.360 e. The van der Waals surface area contributed by atoms with Gasteiger partial charge in [0.1, 0.15) is 0 Å². The second-order valence-corrected chi connectivity index (χ2v) is 5.30. The molecule has 18 heavy (non-hydrogen) atoms. The van der Waals surface area contributed by atoms with Crippen LogP contribution in [0, 0.1) is 11.3 Å². The minimum atomic E-state index is -0.540. The Labute approximate surface area is 119 Å². The SMILES string of the molecule is N#CC1CN(C(=O)c2ccc(Br)cc2S)CCO1. The Morgan fingerprint density at radius 1 is 1.61 bits per heavy atom. The number of ether oxygens (including phenoxy) is 1. The predicted octanol–water partition coefficient (Wildman–Crippen LogP) is 2.10. The summed E-state index contributed by atoms with van der Waals surface area (Å²) in [4.78, 5) is 14.5. The normalized spacial score (nSPS) is 19.4. The summed E-state index contributed by atoms with van der Waals surface area (Å²) >= 11 is 7.62. The molecule has 1 aliphatic heterocycles. The van der Waals surface area contributed by atoms with Gasteiger partial charge in [-0.2, -0.15) is 5.26 Å². The summed E-state index contributed by atoms with van der Waals surface area (Å²) < 4.78 is 6.09. The molecule has 0 aliphatic carbocycles. The lowest BCUT2D eigenvalue weighted by molar-refractivity contribution is 0.00331. The van der Waals surface area contributed by atoms with Crippen LogP contribution in [0.3, 0.4) is 0 Å². The number of morpholine rings is 1. The van der Waals surface area contributed by atoms with Crippen LogP contribution < -0.4 is 0 Å². The predicted molar refractivity (Wildman–Crippen MR) is 72.7 cm³/mol. The van der Waals surface area contributed by atoms with Crippen molar-refractivity contribution in [1.82, 2.24) is 4.90 Å². The van der Waals surface area contributed by atoms with Gasteiger partial charge < -0.3 is 9.64 Å². The van der Waals surface area contributed by atoms with Crippen molar-refractivity contribution >= 4 is 34.5 Å². The average molecular weight is 327 g/mol. The Hall–Kier alpha value is -1.03. The molecule has 0 aromatic heterocycles. The van der Waals surface area contributed by atoms with E-state index in [2.05, 4.69) is 28.6 Å². The van der Waals surface area contributed by atoms with Gasteiger partial charge in [-0.15, -0.1) is 12.6 Å². The molecule has 1 atom stereocenters. The van der Waals surface area contributed by atoms with Crippen molar-refractivity contribution < 1.29 is 9.53 Å². The molecule has 1 aromatic carbocycles. The highest BCUT2D eigenvalue weighted by atomic mass is 79.9. The van der Waals surface area contributed by atoms with E-state index in [1.807, 2.05) is 6.07 Å². The number of halogens is 1. The van der Waals surface area contributed by atoms with Crippen LogP contribution in [0.25, 0.3) is 0 Å². The minimum absolute atomic E-state index is 0.115. The number of rotatable bonds is 1. The molecule has 94 valence electrons. The maximum Gasteiger partial charge on any atom is 0.255 e. The van der Waals surface area contributed by atoms with Crippen molar-refractivity contribution in [3.05, 3.63) is 28.2 Å². The summed E-state index contributed by atoms with van der Waals surface area (Å²) in [7, 11) is 0. The molecule has 1 saturated heterocycles. The molecule has 1 aliphatic rings. The van der Waals surface area contributed by atoms with Crippen molar-refractivity contribution in [2.75, 3.05) is 19.7 Å². The highest BCUT2D eigenvalue weighted by molar-refractivity contribution is 9.10. The second-order valence-electron chi connectivity index (χ2n) is 3.90. The molecule has 1 heterocycles. The number of amides is 1. The summed E-state index contributed by atoms with van der Waals surface area (Å²) in [5, 5.41) is 8.82. The van der Waals surface area contributed by atoms with Crippen LogP contribution in [0.15, 0.2) is 27.6 Å². The Bertz CT molecular complexity index is 515. The average Bonchev–Trinajstić information content (AvgIpc) is 2.38. The number of nitriles is 1. The highest BCUT2D eigenvalue weighted by Crippen LogP contribution is 2.22. The van der Waals surface area contributed by atoms with Crippen molar-refractivity contribution in [3.63, 3.8) is 0 Å². The molecule has 0 spiro atoms. The topological polar surface area (TPSA) is 53.3 Å². The smallest absolute Gasteiger partial charge is 0.255 e. The molecular formula is C12H11BrN2O2S. The first kappa shape index (κ1) is 13.4. The molecule has 0 bridgehead atoms. The minimum Gasteiger partial charge on any atom is -0.360 e. The van der Waals surface area contributed by atoms with E-state index >= 15 is 0 Å². The highest BCUT2D eigenvalue weighted by Gasteiger charge is 2.25. The first-order chi connectivity index (χ1) is 8.61.